The number of amides is 1. The predicted octanol–water partition coefficient (Wildman–Crippen LogP) is 3.17. The number of pyridine rings is 2. The summed E-state index contributed by atoms with van der Waals surface area (Å²) in [5, 5.41) is 7.16. The molecule has 0 radical (unpaired) electrons. The van der Waals surface area contributed by atoms with Crippen molar-refractivity contribution in [1.82, 2.24) is 29.8 Å². The molecule has 4 aromatic heterocycles. The van der Waals surface area contributed by atoms with Gasteiger partial charge in [-0.05, 0) is 38.0 Å². The molecule has 0 fully saturated rings. The van der Waals surface area contributed by atoms with Gasteiger partial charge in [0.1, 0.15) is 17.3 Å². The van der Waals surface area contributed by atoms with Gasteiger partial charge in [-0.1, -0.05) is 6.07 Å². The second-order valence-corrected chi connectivity index (χ2v) is 8.23. The number of H-pyrrole nitrogens is 1. The molecule has 10 nitrogen and oxygen atoms in total. The quantitative estimate of drug-likeness (QED) is 0.308. The molecular weight excluding hydrogens is 434 g/mol. The maximum Gasteiger partial charge on any atom is 0.249 e. The maximum atomic E-state index is 12.5. The molecular formula is C24H31N7O3. The number of ether oxygens (including phenoxy) is 2. The first-order valence-electron chi connectivity index (χ1n) is 11.3. The van der Waals surface area contributed by atoms with Crippen LogP contribution >= 0.6 is 0 Å². The Morgan fingerprint density at radius 2 is 2.09 bits per heavy atom. The molecule has 4 aromatic rings. The van der Waals surface area contributed by atoms with Gasteiger partial charge in [-0.2, -0.15) is 0 Å². The van der Waals surface area contributed by atoms with Gasteiger partial charge in [-0.15, -0.1) is 0 Å². The molecule has 4 heterocycles. The molecule has 4 rings (SSSR count). The van der Waals surface area contributed by atoms with Crippen LogP contribution in [0.3, 0.4) is 0 Å². The highest BCUT2D eigenvalue weighted by molar-refractivity contribution is 6.07. The fourth-order valence-corrected chi connectivity index (χ4v) is 4.03. The van der Waals surface area contributed by atoms with Gasteiger partial charge in [0.2, 0.25) is 5.91 Å². The molecule has 0 aromatic carbocycles. The third kappa shape index (κ3) is 4.59. The van der Waals surface area contributed by atoms with Gasteiger partial charge in [0.15, 0.2) is 5.82 Å². The second kappa shape index (κ2) is 10.2. The van der Waals surface area contributed by atoms with Crippen molar-refractivity contribution in [2.75, 3.05) is 33.2 Å². The summed E-state index contributed by atoms with van der Waals surface area (Å²) in [5.41, 5.74) is 4.94. The van der Waals surface area contributed by atoms with E-state index >= 15 is 0 Å². The number of carbonyl (C=O) groups excluding carboxylic acids is 1. The molecule has 3 N–H and O–H groups in total. The van der Waals surface area contributed by atoms with Crippen LogP contribution in [0.2, 0.25) is 0 Å². The molecule has 10 heteroatoms. The van der Waals surface area contributed by atoms with E-state index in [9.17, 15) is 4.79 Å². The lowest BCUT2D eigenvalue weighted by molar-refractivity contribution is -0.130. The Labute approximate surface area is 198 Å². The number of nitrogens with zero attached hydrogens (tertiary/aromatic N) is 4. The number of carbonyl (C=O) groups is 1. The number of nitrogens with one attached hydrogen (secondary N) is 3. The zero-order valence-electron chi connectivity index (χ0n) is 20.2. The van der Waals surface area contributed by atoms with E-state index in [1.165, 1.54) is 7.11 Å². The summed E-state index contributed by atoms with van der Waals surface area (Å²) >= 11 is 0. The van der Waals surface area contributed by atoms with Crippen molar-refractivity contribution < 1.29 is 14.3 Å². The van der Waals surface area contributed by atoms with Gasteiger partial charge in [0.25, 0.3) is 0 Å². The number of rotatable bonds is 10. The highest BCUT2D eigenvalue weighted by Gasteiger charge is 2.21. The van der Waals surface area contributed by atoms with E-state index < -0.39 is 6.10 Å². The van der Waals surface area contributed by atoms with Crippen LogP contribution in [0.4, 0.5) is 5.82 Å². The van der Waals surface area contributed by atoms with Crippen LogP contribution in [0.15, 0.2) is 30.6 Å². The zero-order chi connectivity index (χ0) is 24.2. The minimum absolute atomic E-state index is 0.176. The molecule has 0 spiro atoms. The Kier molecular flexibility index (Phi) is 7.09. The highest BCUT2D eigenvalue weighted by Crippen LogP contribution is 2.31. The molecule has 0 aliphatic heterocycles. The van der Waals surface area contributed by atoms with Gasteiger partial charge in [-0.25, -0.2) is 15.0 Å². The lowest BCUT2D eigenvalue weighted by Gasteiger charge is -2.21. The highest BCUT2D eigenvalue weighted by atomic mass is 16.5. The van der Waals surface area contributed by atoms with Crippen LogP contribution in [0.25, 0.3) is 33.5 Å². The van der Waals surface area contributed by atoms with E-state index in [1.54, 1.807) is 20.4 Å². The van der Waals surface area contributed by atoms with E-state index in [2.05, 4.69) is 20.6 Å². The molecule has 0 aliphatic rings. The summed E-state index contributed by atoms with van der Waals surface area (Å²) < 4.78 is 12.4. The molecule has 180 valence electrons. The fraction of sp³-hybridized carbons (Fsp3) is 0.417. The van der Waals surface area contributed by atoms with Gasteiger partial charge in [0, 0.05) is 40.3 Å². The topological polar surface area (TPSA) is 119 Å². The Hall–Kier alpha value is -3.50. The SMILES string of the molecule is CNc1nc2[nH]c(-c3cccc([C@H](CCCOC)NC(=O)[C@H](C)OC)n3)cc2c2c1ncn2C. The van der Waals surface area contributed by atoms with Crippen molar-refractivity contribution in [1.29, 1.82) is 0 Å². The zero-order valence-corrected chi connectivity index (χ0v) is 20.2. The average molecular weight is 466 g/mol. The minimum Gasteiger partial charge on any atom is -0.385 e. The number of anilines is 1. The molecule has 0 unspecified atom stereocenters. The summed E-state index contributed by atoms with van der Waals surface area (Å²) in [4.78, 5) is 30.0. The molecule has 0 aliphatic carbocycles. The number of aromatic amines is 1. The van der Waals surface area contributed by atoms with E-state index in [4.69, 9.17) is 19.4 Å². The van der Waals surface area contributed by atoms with Gasteiger partial charge in [0.05, 0.1) is 35.0 Å². The van der Waals surface area contributed by atoms with Crippen LogP contribution < -0.4 is 10.6 Å². The van der Waals surface area contributed by atoms with Crippen LogP contribution in [0, 0.1) is 0 Å². The summed E-state index contributed by atoms with van der Waals surface area (Å²) in [6, 6.07) is 7.60. The maximum absolute atomic E-state index is 12.5. The standard InChI is InChI=1S/C24H31N7O3/c1-14(34-5)24(32)29-17(10-7-11-33-4)16-8-6-9-18(27-16)19-12-15-21-20(26-13-31(21)3)23(25-2)30-22(15)28-19/h6,8-9,12-14,17H,7,10-11H2,1-5H3,(H,29,32)(H2,25,28,30)/t14-,17-/m0/s1. The Morgan fingerprint density at radius 1 is 1.26 bits per heavy atom. The summed E-state index contributed by atoms with van der Waals surface area (Å²) in [6.45, 7) is 2.33. The number of fused-ring (bicyclic) bond motifs is 3. The van der Waals surface area contributed by atoms with Crippen molar-refractivity contribution >= 4 is 33.8 Å². The van der Waals surface area contributed by atoms with Crippen LogP contribution in [-0.2, 0) is 21.3 Å². The number of imidazole rings is 1. The Balaban J connectivity index is 1.71. The van der Waals surface area contributed by atoms with Crippen molar-refractivity contribution in [3.05, 3.63) is 36.3 Å². The van der Waals surface area contributed by atoms with Gasteiger partial charge >= 0.3 is 0 Å². The van der Waals surface area contributed by atoms with E-state index in [0.29, 0.717) is 18.8 Å². The lowest BCUT2D eigenvalue weighted by atomic mass is 10.1. The monoisotopic (exact) mass is 465 g/mol. The first-order chi connectivity index (χ1) is 16.5. The molecule has 0 saturated heterocycles. The van der Waals surface area contributed by atoms with E-state index in [-0.39, 0.29) is 11.9 Å². The van der Waals surface area contributed by atoms with Crippen molar-refractivity contribution in [2.45, 2.75) is 31.9 Å². The third-order valence-electron chi connectivity index (χ3n) is 5.96. The number of aryl methyl sites for hydroxylation is 1. The minimum atomic E-state index is -0.546. The summed E-state index contributed by atoms with van der Waals surface area (Å²) in [5.74, 6) is 0.538. The van der Waals surface area contributed by atoms with Crippen LogP contribution in [0.5, 0.6) is 0 Å². The number of aromatic nitrogens is 5. The molecule has 0 bridgehead atoms. The first-order valence-corrected chi connectivity index (χ1v) is 11.3. The first kappa shape index (κ1) is 23.7. The normalized spacial score (nSPS) is 13.3. The number of hydrogen-bond donors (Lipinski definition) is 3. The average Bonchev–Trinajstić information content (AvgIpc) is 3.46. The Bertz CT molecular complexity index is 1300. The Morgan fingerprint density at radius 3 is 2.82 bits per heavy atom. The fourth-order valence-electron chi connectivity index (χ4n) is 4.03. The van der Waals surface area contributed by atoms with Crippen LogP contribution in [0.1, 0.15) is 31.5 Å². The van der Waals surface area contributed by atoms with Crippen molar-refractivity contribution in [3.63, 3.8) is 0 Å². The summed E-state index contributed by atoms with van der Waals surface area (Å²) in [7, 11) is 6.99. The third-order valence-corrected chi connectivity index (χ3v) is 5.96. The molecule has 0 saturated carbocycles. The van der Waals surface area contributed by atoms with Crippen LogP contribution in [-0.4, -0.2) is 64.4 Å². The van der Waals surface area contributed by atoms with E-state index in [0.717, 1.165) is 45.6 Å². The largest absolute Gasteiger partial charge is 0.385 e. The predicted molar refractivity (Wildman–Crippen MR) is 132 cm³/mol. The van der Waals surface area contributed by atoms with Crippen molar-refractivity contribution in [2.24, 2.45) is 7.05 Å². The number of hydrogen-bond acceptors (Lipinski definition) is 7. The smallest absolute Gasteiger partial charge is 0.249 e. The lowest BCUT2D eigenvalue weighted by Crippen LogP contribution is -2.37. The van der Waals surface area contributed by atoms with Gasteiger partial charge in [-0.3, -0.25) is 4.79 Å². The molecule has 2 atom stereocenters. The van der Waals surface area contributed by atoms with Crippen molar-refractivity contribution in [3.8, 4) is 11.4 Å². The van der Waals surface area contributed by atoms with Gasteiger partial charge < -0.3 is 29.7 Å². The summed E-state index contributed by atoms with van der Waals surface area (Å²) in [6.07, 6.45) is 2.72. The second-order valence-electron chi connectivity index (χ2n) is 8.23. The number of methoxy groups -OCH3 is 2. The van der Waals surface area contributed by atoms with E-state index in [1.807, 2.05) is 42.9 Å². The molecule has 1 amide bonds. The molecule has 34 heavy (non-hydrogen) atoms.